The Kier molecular flexibility index (Phi) is 5.25. The lowest BCUT2D eigenvalue weighted by molar-refractivity contribution is 0.539. The van der Waals surface area contributed by atoms with Crippen molar-refractivity contribution >= 4 is 10.0 Å². The van der Waals surface area contributed by atoms with Crippen LogP contribution in [-0.4, -0.2) is 19.9 Å². The average Bonchev–Trinajstić information content (AvgIpc) is 2.34. The highest BCUT2D eigenvalue weighted by Crippen LogP contribution is 2.08. The molecule has 0 saturated carbocycles. The van der Waals surface area contributed by atoms with Crippen LogP contribution in [0.2, 0.25) is 0 Å². The summed E-state index contributed by atoms with van der Waals surface area (Å²) >= 11 is 0. The van der Waals surface area contributed by atoms with Crippen molar-refractivity contribution in [3.05, 3.63) is 24.0 Å². The van der Waals surface area contributed by atoms with Gasteiger partial charge < -0.3 is 0 Å². The van der Waals surface area contributed by atoms with Gasteiger partial charge in [0.05, 0.1) is 0 Å². The maximum absolute atomic E-state index is 11.8. The molecule has 1 N–H and O–H groups in total. The zero-order chi connectivity index (χ0) is 13.6. The lowest BCUT2D eigenvalue weighted by atomic mass is 10.1. The lowest BCUT2D eigenvalue weighted by Crippen LogP contribution is -2.25. The highest BCUT2D eigenvalue weighted by molar-refractivity contribution is 7.89. The highest BCUT2D eigenvalue weighted by Gasteiger charge is 2.13. The van der Waals surface area contributed by atoms with Crippen molar-refractivity contribution in [2.24, 2.45) is 5.92 Å². The molecular weight excluding hydrogens is 250 g/mol. The molecule has 0 aromatic carbocycles. The van der Waals surface area contributed by atoms with Crippen LogP contribution in [-0.2, 0) is 10.0 Å². The summed E-state index contributed by atoms with van der Waals surface area (Å²) in [5.74, 6) is 0.561. The van der Waals surface area contributed by atoms with Gasteiger partial charge in [-0.2, -0.15) is 5.26 Å². The van der Waals surface area contributed by atoms with Crippen molar-refractivity contribution in [1.82, 2.24) is 9.71 Å². The van der Waals surface area contributed by atoms with Gasteiger partial charge in [0, 0.05) is 12.7 Å². The summed E-state index contributed by atoms with van der Waals surface area (Å²) in [5, 5.41) is 8.58. The Morgan fingerprint density at radius 3 is 2.67 bits per heavy atom. The summed E-state index contributed by atoms with van der Waals surface area (Å²) < 4.78 is 26.2. The molecule has 0 aliphatic carbocycles. The van der Waals surface area contributed by atoms with Gasteiger partial charge in [-0.3, -0.25) is 0 Å². The Morgan fingerprint density at radius 1 is 1.44 bits per heavy atom. The van der Waals surface area contributed by atoms with E-state index in [4.69, 9.17) is 5.26 Å². The van der Waals surface area contributed by atoms with E-state index < -0.39 is 10.0 Å². The van der Waals surface area contributed by atoms with E-state index in [0.29, 0.717) is 12.5 Å². The lowest BCUT2D eigenvalue weighted by Gasteiger charge is -2.07. The van der Waals surface area contributed by atoms with Crippen molar-refractivity contribution in [2.75, 3.05) is 6.54 Å². The van der Waals surface area contributed by atoms with Gasteiger partial charge in [0.2, 0.25) is 10.0 Å². The molecule has 0 unspecified atom stereocenters. The van der Waals surface area contributed by atoms with E-state index >= 15 is 0 Å². The van der Waals surface area contributed by atoms with Crippen LogP contribution < -0.4 is 4.72 Å². The van der Waals surface area contributed by atoms with E-state index in [1.54, 1.807) is 0 Å². The molecule has 0 radical (unpaired) electrons. The van der Waals surface area contributed by atoms with Gasteiger partial charge >= 0.3 is 0 Å². The first kappa shape index (κ1) is 14.6. The smallest absolute Gasteiger partial charge is 0.242 e. The highest BCUT2D eigenvalue weighted by atomic mass is 32.2. The first-order valence-corrected chi connectivity index (χ1v) is 7.30. The molecule has 0 bridgehead atoms. The number of nitrogens with one attached hydrogen (secondary N) is 1. The Bertz CT molecular complexity index is 515. The van der Waals surface area contributed by atoms with Crippen LogP contribution in [0.5, 0.6) is 0 Å². The van der Waals surface area contributed by atoms with E-state index in [2.05, 4.69) is 23.6 Å². The second-order valence-corrected chi connectivity index (χ2v) is 6.19. The van der Waals surface area contributed by atoms with Gasteiger partial charge in [-0.25, -0.2) is 18.1 Å². The topological polar surface area (TPSA) is 82.9 Å². The molecule has 1 aromatic rings. The normalized spacial score (nSPS) is 11.4. The predicted octanol–water partition coefficient (Wildman–Crippen LogP) is 1.67. The fourth-order valence-electron chi connectivity index (χ4n) is 1.41. The molecule has 1 heterocycles. The minimum Gasteiger partial charge on any atom is -0.244 e. The summed E-state index contributed by atoms with van der Waals surface area (Å²) in [6, 6.07) is 4.62. The van der Waals surface area contributed by atoms with Gasteiger partial charge in [0.1, 0.15) is 16.7 Å². The third kappa shape index (κ3) is 4.43. The maximum atomic E-state index is 11.8. The number of sulfonamides is 1. The fourth-order valence-corrected chi connectivity index (χ4v) is 2.42. The third-order valence-electron chi connectivity index (χ3n) is 2.41. The Morgan fingerprint density at radius 2 is 2.17 bits per heavy atom. The Labute approximate surface area is 108 Å². The van der Waals surface area contributed by atoms with Crippen molar-refractivity contribution in [1.29, 1.82) is 5.26 Å². The molecule has 0 spiro atoms. The molecule has 0 atom stereocenters. The first-order valence-electron chi connectivity index (χ1n) is 5.81. The summed E-state index contributed by atoms with van der Waals surface area (Å²) in [5.41, 5.74) is 0.203. The average molecular weight is 267 g/mol. The van der Waals surface area contributed by atoms with Crippen molar-refractivity contribution in [2.45, 2.75) is 31.6 Å². The maximum Gasteiger partial charge on any atom is 0.242 e. The second-order valence-electron chi connectivity index (χ2n) is 4.42. The zero-order valence-corrected chi connectivity index (χ0v) is 11.4. The molecule has 0 aliphatic rings. The third-order valence-corrected chi connectivity index (χ3v) is 3.86. The van der Waals surface area contributed by atoms with Gasteiger partial charge in [0.15, 0.2) is 0 Å². The van der Waals surface area contributed by atoms with E-state index in [0.717, 1.165) is 12.8 Å². The number of hydrogen-bond acceptors (Lipinski definition) is 4. The van der Waals surface area contributed by atoms with Crippen LogP contribution in [0.15, 0.2) is 23.2 Å². The standard InChI is InChI=1S/C12H17N3O2S/c1-10(2)4-3-7-15-18(16,17)12-6-5-11(8-13)14-9-12/h5-6,9-10,15H,3-4,7H2,1-2H3. The molecule has 0 saturated heterocycles. The number of hydrogen-bond donors (Lipinski definition) is 1. The number of aromatic nitrogens is 1. The number of nitriles is 1. The van der Waals surface area contributed by atoms with Gasteiger partial charge in [-0.1, -0.05) is 13.8 Å². The summed E-state index contributed by atoms with van der Waals surface area (Å²) in [6.45, 7) is 4.61. The van der Waals surface area contributed by atoms with Crippen molar-refractivity contribution in [3.8, 4) is 6.07 Å². The first-order chi connectivity index (χ1) is 8.45. The van der Waals surface area contributed by atoms with E-state index in [1.807, 2.05) is 6.07 Å². The van der Waals surface area contributed by atoms with Crippen LogP contribution >= 0.6 is 0 Å². The van der Waals surface area contributed by atoms with Crippen LogP contribution in [0, 0.1) is 17.2 Å². The molecule has 98 valence electrons. The predicted molar refractivity (Wildman–Crippen MR) is 68.2 cm³/mol. The molecule has 6 heteroatoms. The van der Waals surface area contributed by atoms with E-state index in [-0.39, 0.29) is 10.6 Å². The van der Waals surface area contributed by atoms with Gasteiger partial charge in [-0.15, -0.1) is 0 Å². The monoisotopic (exact) mass is 267 g/mol. The fraction of sp³-hybridized carbons (Fsp3) is 0.500. The van der Waals surface area contributed by atoms with Crippen molar-refractivity contribution in [3.63, 3.8) is 0 Å². The number of rotatable bonds is 6. The second kappa shape index (κ2) is 6.47. The van der Waals surface area contributed by atoms with Crippen LogP contribution in [0.1, 0.15) is 32.4 Å². The van der Waals surface area contributed by atoms with Gasteiger partial charge in [-0.05, 0) is 30.9 Å². The van der Waals surface area contributed by atoms with E-state index in [9.17, 15) is 8.42 Å². The summed E-state index contributed by atoms with van der Waals surface area (Å²) in [7, 11) is -3.51. The molecule has 0 amide bonds. The summed E-state index contributed by atoms with van der Waals surface area (Å²) in [6.07, 6.45) is 2.98. The van der Waals surface area contributed by atoms with E-state index in [1.165, 1.54) is 18.3 Å². The quantitative estimate of drug-likeness (QED) is 0.795. The van der Waals surface area contributed by atoms with Crippen molar-refractivity contribution < 1.29 is 8.42 Å². The minimum absolute atomic E-state index is 0.0889. The Hall–Kier alpha value is -1.45. The SMILES string of the molecule is CC(C)CCCNS(=O)(=O)c1ccc(C#N)nc1. The number of nitrogens with zero attached hydrogens (tertiary/aromatic N) is 2. The molecule has 5 nitrogen and oxygen atoms in total. The Balaban J connectivity index is 2.60. The minimum atomic E-state index is -3.51. The summed E-state index contributed by atoms with van der Waals surface area (Å²) in [4.78, 5) is 3.83. The molecule has 0 aliphatic heterocycles. The molecule has 1 rings (SSSR count). The van der Waals surface area contributed by atoms with Crippen LogP contribution in [0.3, 0.4) is 0 Å². The molecule has 1 aromatic heterocycles. The van der Waals surface area contributed by atoms with Crippen LogP contribution in [0.4, 0.5) is 0 Å². The van der Waals surface area contributed by atoms with Gasteiger partial charge in [0.25, 0.3) is 0 Å². The largest absolute Gasteiger partial charge is 0.244 e. The molecular formula is C12H17N3O2S. The number of pyridine rings is 1. The molecule has 0 fully saturated rings. The zero-order valence-electron chi connectivity index (χ0n) is 10.5. The van der Waals surface area contributed by atoms with Crippen LogP contribution in [0.25, 0.3) is 0 Å². The molecule has 18 heavy (non-hydrogen) atoms.